The largest absolute Gasteiger partial charge is 0.480 e. The molecule has 3 atom stereocenters. The van der Waals surface area contributed by atoms with Gasteiger partial charge in [0.1, 0.15) is 32.5 Å². The summed E-state index contributed by atoms with van der Waals surface area (Å²) in [7, 11) is 0. The number of hydrogen-bond donors (Lipinski definition) is 13. The van der Waals surface area contributed by atoms with Gasteiger partial charge in [0.15, 0.2) is 0 Å². The normalized spacial score (nSPS) is 13.6. The molecule has 0 spiro atoms. The number of hydrogen-bond acceptors (Lipinski definition) is 26. The van der Waals surface area contributed by atoms with Crippen LogP contribution in [0.4, 0.5) is 0 Å². The summed E-state index contributed by atoms with van der Waals surface area (Å²) in [4.78, 5) is 164. The summed E-state index contributed by atoms with van der Waals surface area (Å²) in [5.74, 6) is -7.15. The number of carboxylic acids is 3. The fourth-order valence-electron chi connectivity index (χ4n) is 9.58. The van der Waals surface area contributed by atoms with Crippen LogP contribution in [0, 0.1) is 11.8 Å². The number of aliphatic carboxylic acids is 3. The molecule has 1 fully saturated rings. The molecule has 1 aliphatic heterocycles. The third kappa shape index (κ3) is 73.7. The van der Waals surface area contributed by atoms with Crippen LogP contribution >= 0.6 is 11.8 Å². The van der Waals surface area contributed by atoms with E-state index >= 15 is 0 Å². The van der Waals surface area contributed by atoms with Gasteiger partial charge in [-0.2, -0.15) is 11.8 Å². The number of amides is 10. The Kier molecular flexibility index (Phi) is 74.2. The van der Waals surface area contributed by atoms with Gasteiger partial charge in [0.25, 0.3) is 0 Å². The second kappa shape index (κ2) is 76.5. The topological polar surface area (TPSA) is 518 Å². The molecule has 15 N–H and O–H groups in total. The fraction of sp³-hybridized carbons (Fsp3) is 0.778. The average molecular weight is 1610 g/mol. The SMILES string of the molecule is C=C=C.CC.CSC.C[C@@H](CCCCNC(=O)COCCOCCNC(=O)COCCOCCNC(=O)CCCC(=O)NCCCC[C@H](NC(=O)COCCOCCNC(=O)COCCOCCNC(=O)CN1CCN(CC(=O)O)CCN(CC(=O)O)CCN(CC(=O)O)CC1)C(=O)NCCCC[C@H](C)C(N)=O)C(N)=O.[HH]. The highest BCUT2D eigenvalue weighted by atomic mass is 32.2. The zero-order valence-electron chi connectivity index (χ0n) is 66.6. The summed E-state index contributed by atoms with van der Waals surface area (Å²) in [6.07, 6.45) is 9.83. The summed E-state index contributed by atoms with van der Waals surface area (Å²) in [6, 6.07) is -0.903. The lowest BCUT2D eigenvalue weighted by Crippen LogP contribution is -2.50. The standard InChI is InChI=1S/C65H118N14O24.C3H4.C2H6S.C2H6.H2/c1-50(63(66)93)10-3-6-16-69-56(83)46-100-38-36-98-32-20-72-57(84)47-101-39-34-96-30-18-70-54(81)14-9-13-53(80)68-15-8-5-12-52(65(95)74-17-7-4-11-51(2)64(67)94)75-59(86)49-103-41-37-99-33-21-73-58(85)48-102-40-35-97-31-19-71-55(82)42-76-22-24-77(43-60(87)88)26-28-79(45-62(91)92)29-27-78(25-23-76)44-61(89)90;2*1-3-2;1-2;/h50-52H,3-49H2,1-2H3,(H2,66,93)(H2,67,94)(H,68,80)(H,69,83)(H,70,81)(H,71,82)(H,72,84)(H,73,85)(H,74,95)(H,75,86)(H,87,88)(H,89,90)(H,91,92);1-2H2;1-2H3;1-2H3;1H/t50-,51-,52-;;;;/m0..../s1. The van der Waals surface area contributed by atoms with Gasteiger partial charge in [0.2, 0.25) is 59.1 Å². The van der Waals surface area contributed by atoms with Gasteiger partial charge in [-0.3, -0.25) is 81.9 Å². The van der Waals surface area contributed by atoms with Crippen LogP contribution in [-0.4, -0.2) is 361 Å². The number of rotatable bonds is 63. The molecule has 1 saturated heterocycles. The number of ether oxygens (including phenoxy) is 8. The van der Waals surface area contributed by atoms with Gasteiger partial charge in [-0.15, -0.1) is 5.73 Å². The number of unbranched alkanes of at least 4 members (excludes halogenated alkanes) is 3. The van der Waals surface area contributed by atoms with Crippen LogP contribution in [0.15, 0.2) is 18.9 Å². The van der Waals surface area contributed by atoms with E-state index in [9.17, 15) is 77.6 Å². The Labute approximate surface area is 660 Å². The minimum absolute atomic E-state index is 0. The molecule has 1 aliphatic rings. The van der Waals surface area contributed by atoms with Crippen molar-refractivity contribution in [1.29, 1.82) is 0 Å². The summed E-state index contributed by atoms with van der Waals surface area (Å²) in [5, 5.41) is 50.2. The van der Waals surface area contributed by atoms with Gasteiger partial charge in [0, 0.05) is 124 Å². The Morgan fingerprint density at radius 2 is 0.640 bits per heavy atom. The predicted molar refractivity (Wildman–Crippen MR) is 418 cm³/mol. The van der Waals surface area contributed by atoms with Crippen LogP contribution in [0.3, 0.4) is 0 Å². The minimum Gasteiger partial charge on any atom is -0.480 e. The molecule has 0 aromatic heterocycles. The summed E-state index contributed by atoms with van der Waals surface area (Å²) in [5.41, 5.74) is 12.8. The number of carboxylic acid groups (broad SMARTS) is 3. The van der Waals surface area contributed by atoms with Crippen LogP contribution in [0.2, 0.25) is 0 Å². The maximum absolute atomic E-state index is 13.2. The third-order valence-electron chi connectivity index (χ3n) is 15.5. The van der Waals surface area contributed by atoms with Crippen LogP contribution < -0.4 is 54.0 Å². The molecule has 0 aromatic rings. The highest BCUT2D eigenvalue weighted by Gasteiger charge is 2.24. The first-order valence-electron chi connectivity index (χ1n) is 37.9. The van der Waals surface area contributed by atoms with Crippen molar-refractivity contribution in [3.63, 3.8) is 0 Å². The molecule has 10 amide bonds. The molecule has 644 valence electrons. The summed E-state index contributed by atoms with van der Waals surface area (Å²) >= 11 is 1.75. The Balaban J connectivity index is -0.00000620. The van der Waals surface area contributed by atoms with E-state index < -0.39 is 47.6 Å². The zero-order valence-corrected chi connectivity index (χ0v) is 67.5. The molecule has 1 rings (SSSR count). The van der Waals surface area contributed by atoms with Crippen molar-refractivity contribution in [2.75, 3.05) is 243 Å². The number of carbonyl (C=O) groups is 13. The molecular formula is C72H136N14O24S. The number of nitrogens with two attached hydrogens (primary N) is 2. The Bertz CT molecular complexity index is 2560. The van der Waals surface area contributed by atoms with Gasteiger partial charge in [-0.1, -0.05) is 53.7 Å². The van der Waals surface area contributed by atoms with Crippen molar-refractivity contribution in [2.45, 2.75) is 111 Å². The van der Waals surface area contributed by atoms with E-state index in [0.29, 0.717) is 77.7 Å². The maximum Gasteiger partial charge on any atom is 0.317 e. The smallest absolute Gasteiger partial charge is 0.317 e. The molecule has 38 nitrogen and oxygen atoms in total. The molecule has 0 unspecified atom stereocenters. The lowest BCUT2D eigenvalue weighted by Gasteiger charge is -2.32. The Morgan fingerprint density at radius 3 is 0.964 bits per heavy atom. The van der Waals surface area contributed by atoms with Gasteiger partial charge >= 0.3 is 17.9 Å². The van der Waals surface area contributed by atoms with E-state index in [1.165, 1.54) is 0 Å². The molecule has 0 saturated carbocycles. The number of carbonyl (C=O) groups excluding carboxylic acids is 10. The van der Waals surface area contributed by atoms with E-state index in [4.69, 9.17) is 49.4 Å². The third-order valence-corrected chi connectivity index (χ3v) is 15.5. The Morgan fingerprint density at radius 1 is 0.378 bits per heavy atom. The van der Waals surface area contributed by atoms with Crippen LogP contribution in [0.5, 0.6) is 0 Å². The first-order valence-corrected chi connectivity index (χ1v) is 39.5. The van der Waals surface area contributed by atoms with E-state index in [2.05, 4.69) is 61.4 Å². The second-order valence-corrected chi connectivity index (χ2v) is 25.9. The van der Waals surface area contributed by atoms with Crippen molar-refractivity contribution in [3.8, 4) is 0 Å². The molecule has 1 heterocycles. The number of nitrogens with zero attached hydrogens (tertiary/aromatic N) is 4. The molecule has 0 bridgehead atoms. The second-order valence-electron chi connectivity index (χ2n) is 25.1. The number of nitrogens with one attached hydrogen (secondary N) is 8. The average Bonchev–Trinajstić information content (AvgIpc) is 0.910. The maximum atomic E-state index is 13.2. The highest BCUT2D eigenvalue weighted by molar-refractivity contribution is 7.97. The first kappa shape index (κ1) is 108. The van der Waals surface area contributed by atoms with Gasteiger partial charge in [0.05, 0.1) is 105 Å². The highest BCUT2D eigenvalue weighted by Crippen LogP contribution is 2.09. The lowest BCUT2D eigenvalue weighted by atomic mass is 10.0. The predicted octanol–water partition coefficient (Wildman–Crippen LogP) is -1.97. The van der Waals surface area contributed by atoms with E-state index in [1.807, 2.05) is 26.4 Å². The first-order chi connectivity index (χ1) is 53.3. The molecule has 111 heavy (non-hydrogen) atoms. The molecule has 39 heteroatoms. The fourth-order valence-corrected chi connectivity index (χ4v) is 9.58. The van der Waals surface area contributed by atoms with Gasteiger partial charge in [-0.25, -0.2) is 0 Å². The molecule has 0 aromatic carbocycles. The Hall–Kier alpha value is -7.50. The molecular weight excluding hydrogens is 1480 g/mol. The lowest BCUT2D eigenvalue weighted by molar-refractivity contribution is -0.140. The van der Waals surface area contributed by atoms with E-state index in [0.717, 1.165) is 12.8 Å². The van der Waals surface area contributed by atoms with Crippen molar-refractivity contribution < 1.29 is 117 Å². The van der Waals surface area contributed by atoms with Crippen molar-refractivity contribution in [2.24, 2.45) is 23.3 Å². The number of thioether (sulfide) groups is 1. The van der Waals surface area contributed by atoms with Crippen molar-refractivity contribution in [3.05, 3.63) is 18.9 Å². The quantitative estimate of drug-likeness (QED) is 0.0232. The zero-order chi connectivity index (χ0) is 83.5. The van der Waals surface area contributed by atoms with Gasteiger partial charge < -0.3 is 107 Å². The van der Waals surface area contributed by atoms with Crippen LogP contribution in [-0.2, 0) is 100 Å². The number of primary amides is 2. The minimum atomic E-state index is -1.05. The molecule has 0 aliphatic carbocycles. The van der Waals surface area contributed by atoms with Crippen molar-refractivity contribution >= 4 is 88.7 Å². The monoisotopic (exact) mass is 1610 g/mol. The summed E-state index contributed by atoms with van der Waals surface area (Å²) in [6.45, 7) is 17.9. The van der Waals surface area contributed by atoms with Crippen molar-refractivity contribution in [1.82, 2.24) is 62.1 Å². The van der Waals surface area contributed by atoms with Crippen LogP contribution in [0.25, 0.3) is 0 Å². The van der Waals surface area contributed by atoms with Crippen LogP contribution in [0.1, 0.15) is 106 Å². The summed E-state index contributed by atoms with van der Waals surface area (Å²) < 4.78 is 43.3. The molecule has 0 radical (unpaired) electrons. The van der Waals surface area contributed by atoms with E-state index in [-0.39, 0.29) is 265 Å². The van der Waals surface area contributed by atoms with E-state index in [1.54, 1.807) is 45.2 Å². The van der Waals surface area contributed by atoms with Gasteiger partial charge in [-0.05, 0) is 63.9 Å².